The van der Waals surface area contributed by atoms with Crippen molar-refractivity contribution in [2.45, 2.75) is 18.9 Å². The van der Waals surface area contributed by atoms with Gasteiger partial charge in [0, 0.05) is 25.3 Å². The third kappa shape index (κ3) is 5.74. The van der Waals surface area contributed by atoms with Gasteiger partial charge in [0.1, 0.15) is 11.6 Å². The molecule has 3 N–H and O–H groups in total. The van der Waals surface area contributed by atoms with E-state index < -0.39 is 23.1 Å². The Labute approximate surface area is 122 Å². The summed E-state index contributed by atoms with van der Waals surface area (Å²) in [6, 6.07) is 2.83. The molecule has 0 spiro atoms. The van der Waals surface area contributed by atoms with E-state index in [0.29, 0.717) is 13.0 Å². The summed E-state index contributed by atoms with van der Waals surface area (Å²) in [5.41, 5.74) is -0.793. The maximum absolute atomic E-state index is 13.4. The molecule has 0 aliphatic carbocycles. The highest BCUT2D eigenvalue weighted by Gasteiger charge is 2.24. The van der Waals surface area contributed by atoms with Gasteiger partial charge in [-0.05, 0) is 25.5 Å². The minimum atomic E-state index is -0.709. The van der Waals surface area contributed by atoms with Crippen molar-refractivity contribution in [2.75, 3.05) is 32.2 Å². The lowest BCUT2D eigenvalue weighted by atomic mass is 9.99. The molecule has 1 unspecified atom stereocenters. The maximum Gasteiger partial charge on any atom is 0.238 e. The standard InChI is InChI=1S/C14H20F2N2O3/c1-14(5-6-19,9-21-2)17-8-13(20)18-12-7-10(15)3-4-11(12)16/h3-4,7,17,19H,5-6,8-9H2,1-2H3,(H,18,20). The molecule has 0 aliphatic rings. The van der Waals surface area contributed by atoms with Crippen LogP contribution in [0.4, 0.5) is 14.5 Å². The molecule has 1 aromatic rings. The number of carbonyl (C=O) groups is 1. The van der Waals surface area contributed by atoms with E-state index in [1.807, 2.05) is 0 Å². The highest BCUT2D eigenvalue weighted by molar-refractivity contribution is 5.92. The fourth-order valence-corrected chi connectivity index (χ4v) is 1.86. The van der Waals surface area contributed by atoms with Crippen LogP contribution in [0.1, 0.15) is 13.3 Å². The van der Waals surface area contributed by atoms with E-state index in [1.165, 1.54) is 7.11 Å². The Morgan fingerprint density at radius 1 is 1.43 bits per heavy atom. The molecular weight excluding hydrogens is 282 g/mol. The van der Waals surface area contributed by atoms with Crippen LogP contribution in [-0.2, 0) is 9.53 Å². The van der Waals surface area contributed by atoms with E-state index >= 15 is 0 Å². The number of aliphatic hydroxyl groups excluding tert-OH is 1. The lowest BCUT2D eigenvalue weighted by Gasteiger charge is -2.29. The third-order valence-electron chi connectivity index (χ3n) is 3.00. The molecule has 0 aromatic heterocycles. The minimum absolute atomic E-state index is 0.0625. The van der Waals surface area contributed by atoms with Crippen molar-refractivity contribution >= 4 is 11.6 Å². The first-order chi connectivity index (χ1) is 9.90. The molecular formula is C14H20F2N2O3. The number of nitrogens with one attached hydrogen (secondary N) is 2. The Morgan fingerprint density at radius 2 is 2.14 bits per heavy atom. The summed E-state index contributed by atoms with van der Waals surface area (Å²) in [4.78, 5) is 11.8. The number of halogens is 2. The van der Waals surface area contributed by atoms with Crippen LogP contribution in [0.2, 0.25) is 0 Å². The molecule has 1 atom stereocenters. The largest absolute Gasteiger partial charge is 0.396 e. The van der Waals surface area contributed by atoms with Crippen molar-refractivity contribution < 1.29 is 23.4 Å². The molecule has 0 bridgehead atoms. The van der Waals surface area contributed by atoms with Crippen LogP contribution in [0.3, 0.4) is 0 Å². The summed E-state index contributed by atoms with van der Waals surface area (Å²) < 4.78 is 31.4. The number of methoxy groups -OCH3 is 1. The first-order valence-corrected chi connectivity index (χ1v) is 6.50. The van der Waals surface area contributed by atoms with Crippen molar-refractivity contribution in [1.29, 1.82) is 0 Å². The van der Waals surface area contributed by atoms with Gasteiger partial charge < -0.3 is 20.5 Å². The second kappa shape index (κ2) is 8.02. The van der Waals surface area contributed by atoms with Gasteiger partial charge >= 0.3 is 0 Å². The first-order valence-electron chi connectivity index (χ1n) is 6.50. The Kier molecular flexibility index (Phi) is 6.67. The molecule has 1 aromatic carbocycles. The topological polar surface area (TPSA) is 70.6 Å². The smallest absolute Gasteiger partial charge is 0.238 e. The zero-order valence-corrected chi connectivity index (χ0v) is 12.1. The number of hydrogen-bond donors (Lipinski definition) is 3. The van der Waals surface area contributed by atoms with E-state index in [0.717, 1.165) is 18.2 Å². The van der Waals surface area contributed by atoms with Crippen molar-refractivity contribution in [3.8, 4) is 0 Å². The molecule has 7 heteroatoms. The number of ether oxygens (including phenoxy) is 1. The summed E-state index contributed by atoms with van der Waals surface area (Å²) in [6.45, 7) is 1.92. The van der Waals surface area contributed by atoms with Gasteiger partial charge in [-0.15, -0.1) is 0 Å². The normalized spacial score (nSPS) is 13.8. The number of rotatable bonds is 8. The number of carbonyl (C=O) groups excluding carboxylic acids is 1. The van der Waals surface area contributed by atoms with Crippen molar-refractivity contribution in [1.82, 2.24) is 5.32 Å². The number of amides is 1. The predicted octanol–water partition coefficient (Wildman–Crippen LogP) is 1.28. The van der Waals surface area contributed by atoms with Gasteiger partial charge in [0.25, 0.3) is 0 Å². The summed E-state index contributed by atoms with van der Waals surface area (Å²) in [6.07, 6.45) is 0.391. The fraction of sp³-hybridized carbons (Fsp3) is 0.500. The van der Waals surface area contributed by atoms with E-state index in [-0.39, 0.29) is 18.8 Å². The first kappa shape index (κ1) is 17.5. The summed E-state index contributed by atoms with van der Waals surface area (Å²) >= 11 is 0. The quantitative estimate of drug-likeness (QED) is 0.676. The predicted molar refractivity (Wildman–Crippen MR) is 75.0 cm³/mol. The van der Waals surface area contributed by atoms with Crippen LogP contribution in [0.25, 0.3) is 0 Å². The third-order valence-corrected chi connectivity index (χ3v) is 3.00. The van der Waals surface area contributed by atoms with Crippen LogP contribution in [-0.4, -0.2) is 43.4 Å². The average Bonchev–Trinajstić information content (AvgIpc) is 2.41. The van der Waals surface area contributed by atoms with Gasteiger partial charge in [-0.25, -0.2) is 8.78 Å². The average molecular weight is 302 g/mol. The van der Waals surface area contributed by atoms with Crippen LogP contribution in [0.15, 0.2) is 18.2 Å². The van der Waals surface area contributed by atoms with Crippen molar-refractivity contribution in [3.05, 3.63) is 29.8 Å². The van der Waals surface area contributed by atoms with E-state index in [4.69, 9.17) is 9.84 Å². The second-order valence-electron chi connectivity index (χ2n) is 4.99. The number of anilines is 1. The van der Waals surface area contributed by atoms with Gasteiger partial charge in [0.05, 0.1) is 18.8 Å². The summed E-state index contributed by atoms with van der Waals surface area (Å²) in [5.74, 6) is -1.86. The Morgan fingerprint density at radius 3 is 2.76 bits per heavy atom. The second-order valence-corrected chi connectivity index (χ2v) is 4.99. The van der Waals surface area contributed by atoms with Crippen molar-refractivity contribution in [3.63, 3.8) is 0 Å². The molecule has 21 heavy (non-hydrogen) atoms. The number of aliphatic hydroxyl groups is 1. The Balaban J connectivity index is 2.58. The molecule has 1 rings (SSSR count). The van der Waals surface area contributed by atoms with Gasteiger partial charge in [0.15, 0.2) is 0 Å². The van der Waals surface area contributed by atoms with E-state index in [9.17, 15) is 13.6 Å². The van der Waals surface area contributed by atoms with Crippen LogP contribution < -0.4 is 10.6 Å². The van der Waals surface area contributed by atoms with Gasteiger partial charge in [-0.2, -0.15) is 0 Å². The molecule has 5 nitrogen and oxygen atoms in total. The monoisotopic (exact) mass is 302 g/mol. The van der Waals surface area contributed by atoms with E-state index in [2.05, 4.69) is 10.6 Å². The SMILES string of the molecule is COCC(C)(CCO)NCC(=O)Nc1cc(F)ccc1F. The lowest BCUT2D eigenvalue weighted by molar-refractivity contribution is -0.116. The molecule has 0 fully saturated rings. The molecule has 0 heterocycles. The zero-order valence-electron chi connectivity index (χ0n) is 12.1. The lowest BCUT2D eigenvalue weighted by Crippen LogP contribution is -2.49. The Bertz CT molecular complexity index is 477. The maximum atomic E-state index is 13.4. The molecule has 0 saturated heterocycles. The highest BCUT2D eigenvalue weighted by atomic mass is 19.1. The summed E-state index contributed by atoms with van der Waals surface area (Å²) in [7, 11) is 1.51. The van der Waals surface area contributed by atoms with Crippen LogP contribution in [0.5, 0.6) is 0 Å². The highest BCUT2D eigenvalue weighted by Crippen LogP contribution is 2.15. The minimum Gasteiger partial charge on any atom is -0.396 e. The van der Waals surface area contributed by atoms with Gasteiger partial charge in [0.2, 0.25) is 5.91 Å². The van der Waals surface area contributed by atoms with Gasteiger partial charge in [-0.1, -0.05) is 0 Å². The molecule has 0 aliphatic heterocycles. The van der Waals surface area contributed by atoms with E-state index in [1.54, 1.807) is 6.92 Å². The molecule has 0 saturated carbocycles. The Hall–Kier alpha value is -1.57. The fourth-order valence-electron chi connectivity index (χ4n) is 1.86. The van der Waals surface area contributed by atoms with Crippen LogP contribution in [0, 0.1) is 11.6 Å². The summed E-state index contributed by atoms with van der Waals surface area (Å²) in [5, 5.41) is 14.2. The molecule has 1 amide bonds. The number of hydrogen-bond acceptors (Lipinski definition) is 4. The molecule has 118 valence electrons. The van der Waals surface area contributed by atoms with Gasteiger partial charge in [-0.3, -0.25) is 4.79 Å². The van der Waals surface area contributed by atoms with Crippen LogP contribution >= 0.6 is 0 Å². The molecule has 0 radical (unpaired) electrons. The zero-order chi connectivity index (χ0) is 15.9. The number of benzene rings is 1. The van der Waals surface area contributed by atoms with Crippen molar-refractivity contribution in [2.24, 2.45) is 0 Å².